The second-order valence-electron chi connectivity index (χ2n) is 6.08. The Balaban J connectivity index is 1.71. The van der Waals surface area contributed by atoms with Gasteiger partial charge in [-0.05, 0) is 43.2 Å². The highest BCUT2D eigenvalue weighted by Gasteiger charge is 2.16. The lowest BCUT2D eigenvalue weighted by molar-refractivity contribution is 0.600. The summed E-state index contributed by atoms with van der Waals surface area (Å²) in [4.78, 5) is 4.46. The Morgan fingerprint density at radius 1 is 0.923 bits per heavy atom. The van der Waals surface area contributed by atoms with Crippen molar-refractivity contribution in [3.63, 3.8) is 0 Å². The van der Waals surface area contributed by atoms with E-state index in [0.29, 0.717) is 5.56 Å². The lowest BCUT2D eigenvalue weighted by Crippen LogP contribution is -2.15. The monoisotopic (exact) mass is 367 g/mol. The molecule has 0 fully saturated rings. The summed E-state index contributed by atoms with van der Waals surface area (Å²) < 4.78 is 27.5. The average Bonchev–Trinajstić information content (AvgIpc) is 2.64. The third-order valence-electron chi connectivity index (χ3n) is 4.07. The molecule has 1 atom stereocenters. The van der Waals surface area contributed by atoms with E-state index in [1.165, 1.54) is 0 Å². The molecule has 5 nitrogen and oxygen atoms in total. The zero-order valence-electron chi connectivity index (χ0n) is 14.7. The summed E-state index contributed by atoms with van der Waals surface area (Å²) in [5, 5.41) is 3.35. The summed E-state index contributed by atoms with van der Waals surface area (Å²) in [5.74, 6) is 0.283. The van der Waals surface area contributed by atoms with Crippen LogP contribution in [-0.4, -0.2) is 13.4 Å². The van der Waals surface area contributed by atoms with Gasteiger partial charge in [0.1, 0.15) is 5.82 Å². The van der Waals surface area contributed by atoms with Gasteiger partial charge in [0.25, 0.3) is 10.0 Å². The third kappa shape index (κ3) is 4.21. The molecular weight excluding hydrogens is 346 g/mol. The van der Waals surface area contributed by atoms with Crippen LogP contribution in [0.25, 0.3) is 0 Å². The lowest BCUT2D eigenvalue weighted by atomic mass is 10.1. The number of aromatic nitrogens is 1. The Morgan fingerprint density at radius 3 is 2.27 bits per heavy atom. The van der Waals surface area contributed by atoms with Gasteiger partial charge in [-0.15, -0.1) is 0 Å². The first kappa shape index (κ1) is 17.9. The molecule has 3 rings (SSSR count). The van der Waals surface area contributed by atoms with Gasteiger partial charge >= 0.3 is 0 Å². The molecule has 134 valence electrons. The fourth-order valence-electron chi connectivity index (χ4n) is 2.67. The van der Waals surface area contributed by atoms with Crippen molar-refractivity contribution in [2.45, 2.75) is 24.8 Å². The number of pyridine rings is 1. The molecule has 0 saturated heterocycles. The molecule has 0 saturated carbocycles. The number of aryl methyl sites for hydroxylation is 1. The third-order valence-corrected chi connectivity index (χ3v) is 5.58. The van der Waals surface area contributed by atoms with Crippen LogP contribution in [0.1, 0.15) is 24.1 Å². The van der Waals surface area contributed by atoms with E-state index in [4.69, 9.17) is 0 Å². The quantitative estimate of drug-likeness (QED) is 0.679. The summed E-state index contributed by atoms with van der Waals surface area (Å²) in [7, 11) is -3.66. The van der Waals surface area contributed by atoms with E-state index < -0.39 is 10.0 Å². The van der Waals surface area contributed by atoms with E-state index >= 15 is 0 Å². The van der Waals surface area contributed by atoms with E-state index in [2.05, 4.69) is 34.1 Å². The minimum Gasteiger partial charge on any atom is -0.377 e. The highest BCUT2D eigenvalue weighted by atomic mass is 32.2. The summed E-state index contributed by atoms with van der Waals surface area (Å²) in [6.45, 7) is 3.82. The number of anilines is 2. The molecule has 2 aromatic carbocycles. The van der Waals surface area contributed by atoms with Crippen molar-refractivity contribution in [2.24, 2.45) is 0 Å². The normalized spacial score (nSPS) is 12.4. The Labute approximate surface area is 154 Å². The van der Waals surface area contributed by atoms with Gasteiger partial charge in [0, 0.05) is 6.04 Å². The van der Waals surface area contributed by atoms with Crippen molar-refractivity contribution in [1.29, 1.82) is 0 Å². The predicted octanol–water partition coefficient (Wildman–Crippen LogP) is 4.36. The Kier molecular flexibility index (Phi) is 5.23. The minimum absolute atomic E-state index is 0.118. The lowest BCUT2D eigenvalue weighted by Gasteiger charge is -2.16. The number of hydrogen-bond donors (Lipinski definition) is 2. The molecule has 0 aliphatic carbocycles. The van der Waals surface area contributed by atoms with Crippen LogP contribution in [0.2, 0.25) is 0 Å². The van der Waals surface area contributed by atoms with Gasteiger partial charge in [-0.2, -0.15) is 0 Å². The Morgan fingerprint density at radius 2 is 1.62 bits per heavy atom. The first-order valence-electron chi connectivity index (χ1n) is 8.32. The number of benzene rings is 2. The number of nitrogens with one attached hydrogen (secondary N) is 2. The molecule has 3 aromatic rings. The molecule has 1 heterocycles. The molecule has 0 aliphatic heterocycles. The van der Waals surface area contributed by atoms with Crippen molar-refractivity contribution in [3.05, 3.63) is 84.1 Å². The van der Waals surface area contributed by atoms with E-state index in [1.54, 1.807) is 43.5 Å². The largest absolute Gasteiger partial charge is 0.377 e. The average molecular weight is 367 g/mol. The maximum atomic E-state index is 12.5. The van der Waals surface area contributed by atoms with Gasteiger partial charge in [0.05, 0.1) is 16.8 Å². The zero-order valence-corrected chi connectivity index (χ0v) is 15.5. The SMILES string of the molecule is Cc1ccccc1S(=O)(=O)Nc1ccc(NC(C)c2ccccc2)cn1. The van der Waals surface area contributed by atoms with Crippen molar-refractivity contribution in [1.82, 2.24) is 4.98 Å². The highest BCUT2D eigenvalue weighted by molar-refractivity contribution is 7.92. The van der Waals surface area contributed by atoms with Crippen molar-refractivity contribution >= 4 is 21.5 Å². The molecule has 1 aromatic heterocycles. The number of rotatable bonds is 6. The molecule has 2 N–H and O–H groups in total. The topological polar surface area (TPSA) is 71.1 Å². The fourth-order valence-corrected chi connectivity index (χ4v) is 3.92. The van der Waals surface area contributed by atoms with Crippen LogP contribution in [-0.2, 0) is 10.0 Å². The zero-order chi connectivity index (χ0) is 18.6. The van der Waals surface area contributed by atoms with Gasteiger partial charge < -0.3 is 5.32 Å². The molecule has 0 bridgehead atoms. The summed E-state index contributed by atoms with van der Waals surface area (Å²) >= 11 is 0. The van der Waals surface area contributed by atoms with Gasteiger partial charge in [0.2, 0.25) is 0 Å². The van der Waals surface area contributed by atoms with Crippen LogP contribution >= 0.6 is 0 Å². The molecule has 0 amide bonds. The summed E-state index contributed by atoms with van der Waals surface area (Å²) in [6.07, 6.45) is 1.62. The van der Waals surface area contributed by atoms with Crippen molar-refractivity contribution in [3.8, 4) is 0 Å². The van der Waals surface area contributed by atoms with Gasteiger partial charge in [-0.1, -0.05) is 48.5 Å². The van der Waals surface area contributed by atoms with Crippen LogP contribution in [0.3, 0.4) is 0 Å². The number of hydrogen-bond acceptors (Lipinski definition) is 4. The standard InChI is InChI=1S/C20H21N3O2S/c1-15-8-6-7-11-19(15)26(24,25)23-20-13-12-18(14-21-20)22-16(2)17-9-4-3-5-10-17/h3-14,16,22H,1-2H3,(H,21,23). The van der Waals surface area contributed by atoms with Crippen LogP contribution in [0, 0.1) is 6.92 Å². The maximum absolute atomic E-state index is 12.5. The maximum Gasteiger partial charge on any atom is 0.263 e. The Hall–Kier alpha value is -2.86. The van der Waals surface area contributed by atoms with Gasteiger partial charge in [-0.25, -0.2) is 13.4 Å². The second-order valence-corrected chi connectivity index (χ2v) is 7.73. The number of nitrogens with zero attached hydrogens (tertiary/aromatic N) is 1. The van der Waals surface area contributed by atoms with E-state index in [-0.39, 0.29) is 16.8 Å². The molecular formula is C20H21N3O2S. The van der Waals surface area contributed by atoms with Crippen LogP contribution < -0.4 is 10.0 Å². The molecule has 6 heteroatoms. The summed E-state index contributed by atoms with van der Waals surface area (Å²) in [5.41, 5.74) is 2.67. The highest BCUT2D eigenvalue weighted by Crippen LogP contribution is 2.21. The van der Waals surface area contributed by atoms with E-state index in [1.807, 2.05) is 24.3 Å². The molecule has 0 radical (unpaired) electrons. The van der Waals surface area contributed by atoms with Crippen LogP contribution in [0.5, 0.6) is 0 Å². The molecule has 0 spiro atoms. The second kappa shape index (κ2) is 7.58. The van der Waals surface area contributed by atoms with Crippen molar-refractivity contribution in [2.75, 3.05) is 10.0 Å². The van der Waals surface area contributed by atoms with Crippen LogP contribution in [0.4, 0.5) is 11.5 Å². The smallest absolute Gasteiger partial charge is 0.263 e. The van der Waals surface area contributed by atoms with Gasteiger partial charge in [-0.3, -0.25) is 4.72 Å². The van der Waals surface area contributed by atoms with Crippen LogP contribution in [0.15, 0.2) is 77.8 Å². The number of sulfonamides is 1. The van der Waals surface area contributed by atoms with E-state index in [0.717, 1.165) is 11.3 Å². The van der Waals surface area contributed by atoms with Gasteiger partial charge in [0.15, 0.2) is 0 Å². The molecule has 26 heavy (non-hydrogen) atoms. The minimum atomic E-state index is -3.66. The predicted molar refractivity (Wildman–Crippen MR) is 105 cm³/mol. The summed E-state index contributed by atoms with van der Waals surface area (Å²) in [6, 6.07) is 20.5. The Bertz CT molecular complexity index is 971. The molecule has 0 aliphatic rings. The first-order chi connectivity index (χ1) is 12.5. The van der Waals surface area contributed by atoms with Crippen molar-refractivity contribution < 1.29 is 8.42 Å². The fraction of sp³-hybridized carbons (Fsp3) is 0.150. The molecule has 1 unspecified atom stereocenters. The van der Waals surface area contributed by atoms with E-state index in [9.17, 15) is 8.42 Å². The first-order valence-corrected chi connectivity index (χ1v) is 9.80.